The van der Waals surface area contributed by atoms with Crippen LogP contribution in [0.3, 0.4) is 0 Å². The van der Waals surface area contributed by atoms with E-state index in [4.69, 9.17) is 16.3 Å². The minimum atomic E-state index is -0.215. The van der Waals surface area contributed by atoms with Gasteiger partial charge in [-0.05, 0) is 39.1 Å². The van der Waals surface area contributed by atoms with Gasteiger partial charge in [-0.3, -0.25) is 14.5 Å². The van der Waals surface area contributed by atoms with Crippen molar-refractivity contribution in [1.82, 2.24) is 15.5 Å². The molecule has 0 aliphatic rings. The Labute approximate surface area is 142 Å². The Morgan fingerprint density at radius 3 is 2.61 bits per heavy atom. The smallest absolute Gasteiger partial charge is 0.239 e. The Hall–Kier alpha value is -1.79. The molecule has 0 unspecified atom stereocenters. The van der Waals surface area contributed by atoms with E-state index in [1.54, 1.807) is 19.2 Å². The van der Waals surface area contributed by atoms with Crippen molar-refractivity contribution in [2.24, 2.45) is 0 Å². The maximum atomic E-state index is 11.9. The highest BCUT2D eigenvalue weighted by Gasteiger charge is 2.12. The van der Waals surface area contributed by atoms with Crippen LogP contribution in [-0.4, -0.2) is 50.0 Å². The minimum Gasteiger partial charge on any atom is -0.496 e. The predicted molar refractivity (Wildman–Crippen MR) is 90.6 cm³/mol. The zero-order chi connectivity index (χ0) is 17.4. The number of hydrogen-bond donors (Lipinski definition) is 2. The Bertz CT molecular complexity index is 549. The number of ether oxygens (including phenoxy) is 1. The zero-order valence-electron chi connectivity index (χ0n) is 14.0. The third-order valence-corrected chi connectivity index (χ3v) is 3.23. The number of carbonyl (C=O) groups excluding carboxylic acids is 2. The summed E-state index contributed by atoms with van der Waals surface area (Å²) in [6.45, 7) is 4.39. The van der Waals surface area contributed by atoms with Gasteiger partial charge in [-0.25, -0.2) is 0 Å². The van der Waals surface area contributed by atoms with E-state index < -0.39 is 0 Å². The van der Waals surface area contributed by atoms with Gasteiger partial charge >= 0.3 is 0 Å². The molecule has 0 fully saturated rings. The van der Waals surface area contributed by atoms with Crippen LogP contribution in [0.25, 0.3) is 0 Å². The lowest BCUT2D eigenvalue weighted by Crippen LogP contribution is -2.42. The molecule has 2 N–H and O–H groups in total. The van der Waals surface area contributed by atoms with E-state index in [9.17, 15) is 9.59 Å². The van der Waals surface area contributed by atoms with Crippen LogP contribution in [0.5, 0.6) is 5.75 Å². The van der Waals surface area contributed by atoms with E-state index in [2.05, 4.69) is 10.6 Å². The number of amides is 2. The molecule has 1 aromatic carbocycles. The number of rotatable bonds is 8. The first-order chi connectivity index (χ1) is 10.8. The third kappa shape index (κ3) is 7.34. The first-order valence-corrected chi connectivity index (χ1v) is 7.76. The monoisotopic (exact) mass is 341 g/mol. The molecule has 0 bridgehead atoms. The Morgan fingerprint density at radius 1 is 1.30 bits per heavy atom. The lowest BCUT2D eigenvalue weighted by atomic mass is 10.2. The Balaban J connectivity index is 2.47. The Morgan fingerprint density at radius 2 is 2.00 bits per heavy atom. The molecule has 0 saturated heterocycles. The topological polar surface area (TPSA) is 70.7 Å². The van der Waals surface area contributed by atoms with Crippen LogP contribution < -0.4 is 15.4 Å². The molecule has 128 valence electrons. The molecule has 0 aromatic heterocycles. The van der Waals surface area contributed by atoms with Crippen molar-refractivity contribution in [3.05, 3.63) is 28.8 Å². The highest BCUT2D eigenvalue weighted by atomic mass is 35.5. The second-order valence-corrected chi connectivity index (χ2v) is 6.06. The summed E-state index contributed by atoms with van der Waals surface area (Å²) < 4.78 is 5.28. The summed E-state index contributed by atoms with van der Waals surface area (Å²) in [5, 5.41) is 5.92. The average molecular weight is 342 g/mol. The molecule has 0 radical (unpaired) electrons. The van der Waals surface area contributed by atoms with Crippen LogP contribution in [-0.2, 0) is 16.1 Å². The summed E-state index contributed by atoms with van der Waals surface area (Å²) in [6, 6.07) is 5.41. The van der Waals surface area contributed by atoms with E-state index in [0.29, 0.717) is 11.6 Å². The normalized spacial score (nSPS) is 10.7. The fourth-order valence-corrected chi connectivity index (χ4v) is 2.27. The first kappa shape index (κ1) is 19.3. The SMILES string of the molecule is COc1ccc(Cl)cc1CN(C)CC(=O)NCC(=O)NC(C)C. The van der Waals surface area contributed by atoms with E-state index in [1.165, 1.54) is 0 Å². The van der Waals surface area contributed by atoms with Gasteiger partial charge in [0.05, 0.1) is 20.2 Å². The largest absolute Gasteiger partial charge is 0.496 e. The van der Waals surface area contributed by atoms with E-state index in [1.807, 2.05) is 31.9 Å². The zero-order valence-corrected chi connectivity index (χ0v) is 14.7. The number of benzene rings is 1. The fourth-order valence-electron chi connectivity index (χ4n) is 2.07. The number of likely N-dealkylation sites (N-methyl/N-ethyl adjacent to an activating group) is 1. The maximum Gasteiger partial charge on any atom is 0.239 e. The quantitative estimate of drug-likeness (QED) is 0.750. The molecule has 2 amide bonds. The van der Waals surface area contributed by atoms with Gasteiger partial charge in [-0.15, -0.1) is 0 Å². The number of hydrogen-bond acceptors (Lipinski definition) is 4. The molecule has 0 saturated carbocycles. The van der Waals surface area contributed by atoms with Gasteiger partial charge < -0.3 is 15.4 Å². The van der Waals surface area contributed by atoms with Crippen molar-refractivity contribution in [1.29, 1.82) is 0 Å². The van der Waals surface area contributed by atoms with Crippen molar-refractivity contribution in [2.75, 3.05) is 27.2 Å². The third-order valence-electron chi connectivity index (χ3n) is 2.99. The molecule has 1 aromatic rings. The summed E-state index contributed by atoms with van der Waals surface area (Å²) in [5.41, 5.74) is 0.896. The van der Waals surface area contributed by atoms with Crippen molar-refractivity contribution >= 4 is 23.4 Å². The number of carbonyl (C=O) groups is 2. The highest BCUT2D eigenvalue weighted by molar-refractivity contribution is 6.30. The molecule has 6 nitrogen and oxygen atoms in total. The molecule has 0 aliphatic heterocycles. The molecule has 0 spiro atoms. The highest BCUT2D eigenvalue weighted by Crippen LogP contribution is 2.23. The summed E-state index contributed by atoms with van der Waals surface area (Å²) >= 11 is 5.99. The van der Waals surface area contributed by atoms with Gasteiger partial charge in [0, 0.05) is 23.2 Å². The van der Waals surface area contributed by atoms with Crippen LogP contribution in [0.2, 0.25) is 5.02 Å². The maximum absolute atomic E-state index is 11.9. The summed E-state index contributed by atoms with van der Waals surface area (Å²) in [7, 11) is 3.40. The van der Waals surface area contributed by atoms with E-state index in [-0.39, 0.29) is 30.9 Å². The summed E-state index contributed by atoms with van der Waals surface area (Å²) in [4.78, 5) is 25.2. The average Bonchev–Trinajstić information content (AvgIpc) is 2.44. The fraction of sp³-hybridized carbons (Fsp3) is 0.500. The van der Waals surface area contributed by atoms with Gasteiger partial charge in [0.25, 0.3) is 0 Å². The minimum absolute atomic E-state index is 0.0225. The van der Waals surface area contributed by atoms with Gasteiger partial charge in [0.1, 0.15) is 5.75 Å². The van der Waals surface area contributed by atoms with E-state index in [0.717, 1.165) is 11.3 Å². The molecule has 0 heterocycles. The van der Waals surface area contributed by atoms with Gasteiger partial charge in [0.2, 0.25) is 11.8 Å². The van der Waals surface area contributed by atoms with Crippen LogP contribution in [0.15, 0.2) is 18.2 Å². The molecular formula is C16H24ClN3O3. The summed E-state index contributed by atoms with van der Waals surface area (Å²) in [6.07, 6.45) is 0. The number of methoxy groups -OCH3 is 1. The van der Waals surface area contributed by atoms with Crippen LogP contribution in [0.1, 0.15) is 19.4 Å². The van der Waals surface area contributed by atoms with Gasteiger partial charge in [-0.2, -0.15) is 0 Å². The van der Waals surface area contributed by atoms with Crippen molar-refractivity contribution < 1.29 is 14.3 Å². The lowest BCUT2D eigenvalue weighted by molar-refractivity contribution is -0.126. The summed E-state index contributed by atoms with van der Waals surface area (Å²) in [5.74, 6) is 0.304. The first-order valence-electron chi connectivity index (χ1n) is 7.38. The van der Waals surface area contributed by atoms with Crippen molar-refractivity contribution in [2.45, 2.75) is 26.4 Å². The lowest BCUT2D eigenvalue weighted by Gasteiger charge is -2.18. The molecule has 7 heteroatoms. The molecule has 1 rings (SSSR count). The second kappa shape index (κ2) is 9.37. The molecule has 0 aliphatic carbocycles. The molecule has 23 heavy (non-hydrogen) atoms. The number of halogens is 1. The van der Waals surface area contributed by atoms with Gasteiger partial charge in [0.15, 0.2) is 0 Å². The number of nitrogens with one attached hydrogen (secondary N) is 2. The standard InChI is InChI=1S/C16H24ClN3O3/c1-11(2)19-15(21)8-18-16(22)10-20(3)9-12-7-13(17)5-6-14(12)23-4/h5-7,11H,8-10H2,1-4H3,(H,18,22)(H,19,21). The predicted octanol–water partition coefficient (Wildman–Crippen LogP) is 1.42. The van der Waals surface area contributed by atoms with Crippen molar-refractivity contribution in [3.63, 3.8) is 0 Å². The molecular weight excluding hydrogens is 318 g/mol. The molecule has 0 atom stereocenters. The Kier molecular flexibility index (Phi) is 7.85. The number of nitrogens with zero attached hydrogens (tertiary/aromatic N) is 1. The van der Waals surface area contributed by atoms with Crippen LogP contribution in [0, 0.1) is 0 Å². The second-order valence-electron chi connectivity index (χ2n) is 5.63. The van der Waals surface area contributed by atoms with Crippen LogP contribution >= 0.6 is 11.6 Å². The van der Waals surface area contributed by atoms with Gasteiger partial charge in [-0.1, -0.05) is 11.6 Å². The van der Waals surface area contributed by atoms with Crippen molar-refractivity contribution in [3.8, 4) is 5.75 Å². The van der Waals surface area contributed by atoms with E-state index >= 15 is 0 Å². The van der Waals surface area contributed by atoms with Crippen LogP contribution in [0.4, 0.5) is 0 Å².